The fourth-order valence-electron chi connectivity index (χ4n) is 3.75. The van der Waals surface area contributed by atoms with Crippen molar-refractivity contribution in [2.24, 2.45) is 0 Å². The van der Waals surface area contributed by atoms with E-state index in [4.69, 9.17) is 5.11 Å². The zero-order chi connectivity index (χ0) is 19.4. The highest BCUT2D eigenvalue weighted by molar-refractivity contribution is 5.88. The first kappa shape index (κ1) is 19.0. The predicted octanol–water partition coefficient (Wildman–Crippen LogP) is 3.97. The molecule has 0 radical (unpaired) electrons. The van der Waals surface area contributed by atoms with Crippen LogP contribution in [0.25, 0.3) is 0 Å². The van der Waals surface area contributed by atoms with Crippen molar-refractivity contribution < 1.29 is 14.7 Å². The second-order valence-electron chi connectivity index (χ2n) is 7.21. The first-order valence-electron chi connectivity index (χ1n) is 9.39. The minimum atomic E-state index is -0.889. The number of nitrogens with zero attached hydrogens (tertiary/aromatic N) is 1. The number of hydrogen-bond donors (Lipinski definition) is 2. The third-order valence-corrected chi connectivity index (χ3v) is 5.28. The van der Waals surface area contributed by atoms with Crippen LogP contribution in [0.4, 0.5) is 5.69 Å². The van der Waals surface area contributed by atoms with E-state index in [0.717, 1.165) is 37.2 Å². The van der Waals surface area contributed by atoms with E-state index in [1.807, 2.05) is 13.0 Å². The highest BCUT2D eigenvalue weighted by Gasteiger charge is 2.21. The molecular weight excluding hydrogens is 340 g/mol. The molecule has 2 N–H and O–H groups in total. The van der Waals surface area contributed by atoms with E-state index < -0.39 is 5.97 Å². The largest absolute Gasteiger partial charge is 0.478 e. The molecule has 0 aromatic heterocycles. The molecule has 1 aliphatic rings. The molecule has 27 heavy (non-hydrogen) atoms. The second-order valence-corrected chi connectivity index (χ2v) is 7.21. The zero-order valence-electron chi connectivity index (χ0n) is 15.8. The molecule has 1 atom stereocenters. The SMILES string of the molecule is CC(=O)NC(C)c1ccc(C2CCN(c3cccc(C(=O)O)c3)CC2)cc1. The van der Waals surface area contributed by atoms with Gasteiger partial charge in [0.15, 0.2) is 0 Å². The number of carboxylic acids is 1. The van der Waals surface area contributed by atoms with Gasteiger partial charge >= 0.3 is 5.97 Å². The van der Waals surface area contributed by atoms with Gasteiger partial charge in [0.2, 0.25) is 5.91 Å². The van der Waals surface area contributed by atoms with Gasteiger partial charge in [-0.05, 0) is 55.0 Å². The molecule has 1 saturated heterocycles. The van der Waals surface area contributed by atoms with Gasteiger partial charge in [-0.3, -0.25) is 4.79 Å². The molecule has 0 saturated carbocycles. The fraction of sp³-hybridized carbons (Fsp3) is 0.364. The van der Waals surface area contributed by atoms with Crippen LogP contribution in [0.1, 0.15) is 60.1 Å². The minimum absolute atomic E-state index is 0.0138. The number of aromatic carboxylic acids is 1. The third kappa shape index (κ3) is 4.67. The van der Waals surface area contributed by atoms with Crippen molar-refractivity contribution in [2.75, 3.05) is 18.0 Å². The maximum absolute atomic E-state index is 11.2. The predicted molar refractivity (Wildman–Crippen MR) is 106 cm³/mol. The summed E-state index contributed by atoms with van der Waals surface area (Å²) in [5, 5.41) is 12.1. The summed E-state index contributed by atoms with van der Waals surface area (Å²) >= 11 is 0. The standard InChI is InChI=1S/C22H26N2O3/c1-15(23-16(2)25)17-6-8-18(9-7-17)19-10-12-24(13-11-19)21-5-3-4-20(14-21)22(26)27/h3-9,14-15,19H,10-13H2,1-2H3,(H,23,25)(H,26,27). The van der Waals surface area contributed by atoms with Crippen molar-refractivity contribution >= 4 is 17.6 Å². The van der Waals surface area contributed by atoms with Crippen LogP contribution in [0.5, 0.6) is 0 Å². The smallest absolute Gasteiger partial charge is 0.335 e. The maximum Gasteiger partial charge on any atom is 0.335 e. The lowest BCUT2D eigenvalue weighted by atomic mass is 9.88. The van der Waals surface area contributed by atoms with Gasteiger partial charge < -0.3 is 15.3 Å². The van der Waals surface area contributed by atoms with Gasteiger partial charge in [-0.1, -0.05) is 30.3 Å². The van der Waals surface area contributed by atoms with Crippen LogP contribution in [-0.2, 0) is 4.79 Å². The minimum Gasteiger partial charge on any atom is -0.478 e. The highest BCUT2D eigenvalue weighted by Crippen LogP contribution is 2.31. The Labute approximate surface area is 160 Å². The van der Waals surface area contributed by atoms with Gasteiger partial charge in [-0.15, -0.1) is 0 Å². The van der Waals surface area contributed by atoms with E-state index >= 15 is 0 Å². The van der Waals surface area contributed by atoms with Crippen LogP contribution in [-0.4, -0.2) is 30.1 Å². The van der Waals surface area contributed by atoms with Crippen LogP contribution in [0.15, 0.2) is 48.5 Å². The fourth-order valence-corrected chi connectivity index (χ4v) is 3.75. The van der Waals surface area contributed by atoms with Crippen LogP contribution in [0.3, 0.4) is 0 Å². The summed E-state index contributed by atoms with van der Waals surface area (Å²) < 4.78 is 0. The Morgan fingerprint density at radius 3 is 2.37 bits per heavy atom. The Bertz CT molecular complexity index is 809. The molecule has 1 fully saturated rings. The van der Waals surface area contributed by atoms with Crippen LogP contribution in [0, 0.1) is 0 Å². The van der Waals surface area contributed by atoms with Crippen molar-refractivity contribution in [3.63, 3.8) is 0 Å². The first-order valence-corrected chi connectivity index (χ1v) is 9.39. The van der Waals surface area contributed by atoms with Crippen molar-refractivity contribution in [2.45, 2.75) is 38.6 Å². The van der Waals surface area contributed by atoms with Gasteiger partial charge in [0, 0.05) is 25.7 Å². The highest BCUT2D eigenvalue weighted by atomic mass is 16.4. The molecule has 1 aliphatic heterocycles. The topological polar surface area (TPSA) is 69.6 Å². The first-order chi connectivity index (χ1) is 12.9. The van der Waals surface area contributed by atoms with E-state index in [-0.39, 0.29) is 11.9 Å². The molecule has 1 unspecified atom stereocenters. The molecule has 0 spiro atoms. The van der Waals surface area contributed by atoms with Crippen molar-refractivity contribution in [3.8, 4) is 0 Å². The van der Waals surface area contributed by atoms with Gasteiger partial charge in [0.05, 0.1) is 11.6 Å². The summed E-state index contributed by atoms with van der Waals surface area (Å²) in [6, 6.07) is 15.7. The molecule has 0 bridgehead atoms. The third-order valence-electron chi connectivity index (χ3n) is 5.28. The molecule has 1 amide bonds. The molecule has 5 heteroatoms. The Hall–Kier alpha value is -2.82. The van der Waals surface area contributed by atoms with Crippen molar-refractivity contribution in [1.82, 2.24) is 5.32 Å². The molecule has 142 valence electrons. The van der Waals surface area contributed by atoms with Crippen molar-refractivity contribution in [1.29, 1.82) is 0 Å². The Morgan fingerprint density at radius 2 is 1.78 bits per heavy atom. The number of nitrogens with one attached hydrogen (secondary N) is 1. The Morgan fingerprint density at radius 1 is 1.11 bits per heavy atom. The normalized spacial score (nSPS) is 16.0. The maximum atomic E-state index is 11.2. The van der Waals surface area contributed by atoms with Gasteiger partial charge in [-0.25, -0.2) is 4.79 Å². The summed E-state index contributed by atoms with van der Waals surface area (Å²) in [7, 11) is 0. The summed E-state index contributed by atoms with van der Waals surface area (Å²) in [5.41, 5.74) is 3.75. The zero-order valence-corrected chi connectivity index (χ0v) is 15.8. The Kier molecular flexibility index (Phi) is 5.79. The lowest BCUT2D eigenvalue weighted by Crippen LogP contribution is -2.33. The number of rotatable bonds is 5. The number of piperidine rings is 1. The van der Waals surface area contributed by atoms with Crippen LogP contribution < -0.4 is 10.2 Å². The van der Waals surface area contributed by atoms with Crippen molar-refractivity contribution in [3.05, 3.63) is 65.2 Å². The lowest BCUT2D eigenvalue weighted by molar-refractivity contribution is -0.119. The number of carbonyl (C=O) groups excluding carboxylic acids is 1. The number of carbonyl (C=O) groups is 2. The number of benzene rings is 2. The van der Waals surface area contributed by atoms with Crippen LogP contribution in [0.2, 0.25) is 0 Å². The number of amides is 1. The van der Waals surface area contributed by atoms with E-state index in [0.29, 0.717) is 11.5 Å². The van der Waals surface area contributed by atoms with E-state index in [9.17, 15) is 9.59 Å². The lowest BCUT2D eigenvalue weighted by Gasteiger charge is -2.34. The summed E-state index contributed by atoms with van der Waals surface area (Å²) in [6.45, 7) is 5.35. The quantitative estimate of drug-likeness (QED) is 0.840. The summed E-state index contributed by atoms with van der Waals surface area (Å²) in [5.74, 6) is -0.403. The summed E-state index contributed by atoms with van der Waals surface area (Å²) in [6.07, 6.45) is 2.08. The van der Waals surface area contributed by atoms with E-state index in [1.165, 1.54) is 12.5 Å². The van der Waals surface area contributed by atoms with Crippen LogP contribution >= 0.6 is 0 Å². The van der Waals surface area contributed by atoms with E-state index in [1.54, 1.807) is 18.2 Å². The molecular formula is C22H26N2O3. The molecule has 2 aromatic carbocycles. The van der Waals surface area contributed by atoms with Gasteiger partial charge in [0.1, 0.15) is 0 Å². The molecule has 5 nitrogen and oxygen atoms in total. The average molecular weight is 366 g/mol. The number of hydrogen-bond acceptors (Lipinski definition) is 3. The number of anilines is 1. The molecule has 1 heterocycles. The molecule has 3 rings (SSSR count). The van der Waals surface area contributed by atoms with E-state index in [2.05, 4.69) is 34.5 Å². The summed E-state index contributed by atoms with van der Waals surface area (Å²) in [4.78, 5) is 24.6. The van der Waals surface area contributed by atoms with Gasteiger partial charge in [-0.2, -0.15) is 0 Å². The second kappa shape index (κ2) is 8.25. The Balaban J connectivity index is 1.61. The monoisotopic (exact) mass is 366 g/mol. The molecule has 2 aromatic rings. The number of carboxylic acid groups (broad SMARTS) is 1. The molecule has 0 aliphatic carbocycles. The average Bonchev–Trinajstić information content (AvgIpc) is 2.68. The van der Waals surface area contributed by atoms with Gasteiger partial charge in [0.25, 0.3) is 0 Å².